The predicted molar refractivity (Wildman–Crippen MR) is 167 cm³/mol. The van der Waals surface area contributed by atoms with Crippen molar-refractivity contribution in [2.45, 2.75) is 26.5 Å². The summed E-state index contributed by atoms with van der Waals surface area (Å²) in [5.74, 6) is 0.945. The number of nitrogens with two attached hydrogens (primary N) is 1. The van der Waals surface area contributed by atoms with Crippen LogP contribution in [0.1, 0.15) is 44.5 Å². The van der Waals surface area contributed by atoms with Crippen LogP contribution < -0.4 is 15.8 Å². The second-order valence-corrected chi connectivity index (χ2v) is 10.6. The van der Waals surface area contributed by atoms with Gasteiger partial charge in [0.25, 0.3) is 5.91 Å². The van der Waals surface area contributed by atoms with Gasteiger partial charge in [-0.25, -0.2) is 0 Å². The Bertz CT molecular complexity index is 1820. The fourth-order valence-electron chi connectivity index (χ4n) is 4.69. The van der Waals surface area contributed by atoms with E-state index < -0.39 is 6.04 Å². The molecule has 1 unspecified atom stereocenters. The standard InChI is InChI=1S/C33H29Cl2N3O4/c1-19-20(2)42-32-23(19)6-4-8-29(32)41-18-24-25(34)14-15-26(30(24)35)38-17-5-7-27(38)31(36)28(39)16-11-21-9-12-22(13-10-21)33(40)37-3/h4-17,31H,18,36H2,1-3H3,(H,37,40)/b16-11+. The van der Waals surface area contributed by atoms with E-state index in [0.717, 1.165) is 22.3 Å². The van der Waals surface area contributed by atoms with Gasteiger partial charge in [0.1, 0.15) is 18.4 Å². The molecule has 3 aromatic carbocycles. The van der Waals surface area contributed by atoms with Gasteiger partial charge < -0.3 is 24.8 Å². The van der Waals surface area contributed by atoms with E-state index in [-0.39, 0.29) is 18.3 Å². The summed E-state index contributed by atoms with van der Waals surface area (Å²) in [4.78, 5) is 24.8. The molecule has 0 aliphatic carbocycles. The molecule has 0 aliphatic heterocycles. The molecule has 2 aromatic heterocycles. The number of nitrogens with zero attached hydrogens (tertiary/aromatic N) is 1. The SMILES string of the molecule is CNC(=O)c1ccc(/C=C/C(=O)C(N)c2cccn2-c2ccc(Cl)c(COc3cccc4c(C)c(C)oc34)c2Cl)cc1. The molecule has 0 radical (unpaired) electrons. The minimum atomic E-state index is -0.948. The van der Waals surface area contributed by atoms with E-state index in [0.29, 0.717) is 43.9 Å². The maximum absolute atomic E-state index is 13.0. The van der Waals surface area contributed by atoms with Crippen LogP contribution in [0, 0.1) is 13.8 Å². The number of rotatable bonds is 9. The van der Waals surface area contributed by atoms with Gasteiger partial charge in [-0.2, -0.15) is 0 Å². The Kier molecular flexibility index (Phi) is 8.54. The van der Waals surface area contributed by atoms with Crippen LogP contribution in [0.15, 0.2) is 83.4 Å². The number of hydrogen-bond acceptors (Lipinski definition) is 5. The lowest BCUT2D eigenvalue weighted by molar-refractivity contribution is -0.115. The molecule has 5 aromatic rings. The lowest BCUT2D eigenvalue weighted by atomic mass is 10.1. The van der Waals surface area contributed by atoms with Crippen LogP contribution in [-0.4, -0.2) is 23.3 Å². The number of hydrogen-bond donors (Lipinski definition) is 2. The van der Waals surface area contributed by atoms with Gasteiger partial charge in [0.2, 0.25) is 0 Å². The molecule has 0 fully saturated rings. The van der Waals surface area contributed by atoms with Crippen molar-refractivity contribution in [3.05, 3.63) is 123 Å². The van der Waals surface area contributed by atoms with Crippen LogP contribution in [0.2, 0.25) is 10.0 Å². The van der Waals surface area contributed by atoms with E-state index in [1.807, 2.05) is 32.0 Å². The molecule has 0 saturated heterocycles. The van der Waals surface area contributed by atoms with Crippen molar-refractivity contribution in [3.8, 4) is 11.4 Å². The number of nitrogens with one attached hydrogen (secondary N) is 1. The van der Waals surface area contributed by atoms with E-state index >= 15 is 0 Å². The van der Waals surface area contributed by atoms with Crippen molar-refractivity contribution >= 4 is 51.9 Å². The number of fused-ring (bicyclic) bond motifs is 1. The second-order valence-electron chi connectivity index (χ2n) is 9.78. The number of aryl methyl sites for hydroxylation is 2. The first-order valence-electron chi connectivity index (χ1n) is 13.2. The first-order valence-corrected chi connectivity index (χ1v) is 14.0. The number of carbonyl (C=O) groups is 2. The summed E-state index contributed by atoms with van der Waals surface area (Å²) in [5.41, 5.74) is 11.2. The minimum absolute atomic E-state index is 0.104. The molecule has 214 valence electrons. The van der Waals surface area contributed by atoms with Gasteiger partial charge in [-0.15, -0.1) is 0 Å². The quantitative estimate of drug-likeness (QED) is 0.172. The summed E-state index contributed by atoms with van der Waals surface area (Å²) in [7, 11) is 1.57. The van der Waals surface area contributed by atoms with Crippen LogP contribution in [-0.2, 0) is 11.4 Å². The lowest BCUT2D eigenvalue weighted by Crippen LogP contribution is -2.22. The molecule has 9 heteroatoms. The number of amides is 1. The van der Waals surface area contributed by atoms with Crippen molar-refractivity contribution < 1.29 is 18.7 Å². The Morgan fingerprint density at radius 1 is 1.05 bits per heavy atom. The van der Waals surface area contributed by atoms with E-state index in [1.165, 1.54) is 6.08 Å². The van der Waals surface area contributed by atoms with Gasteiger partial charge >= 0.3 is 0 Å². The molecule has 0 spiro atoms. The Balaban J connectivity index is 1.37. The predicted octanol–water partition coefficient (Wildman–Crippen LogP) is 7.37. The summed E-state index contributed by atoms with van der Waals surface area (Å²) in [6.45, 7) is 4.03. The normalized spacial score (nSPS) is 12.1. The number of aromatic nitrogens is 1. The summed E-state index contributed by atoms with van der Waals surface area (Å²) in [5, 5.41) is 4.39. The molecule has 1 atom stereocenters. The van der Waals surface area contributed by atoms with Crippen molar-refractivity contribution in [1.29, 1.82) is 0 Å². The van der Waals surface area contributed by atoms with Crippen LogP contribution in [0.25, 0.3) is 22.7 Å². The van der Waals surface area contributed by atoms with E-state index in [9.17, 15) is 9.59 Å². The van der Waals surface area contributed by atoms with E-state index in [2.05, 4.69) is 5.32 Å². The minimum Gasteiger partial charge on any atom is -0.485 e. The van der Waals surface area contributed by atoms with Crippen LogP contribution in [0.3, 0.4) is 0 Å². The van der Waals surface area contributed by atoms with Crippen LogP contribution in [0.5, 0.6) is 5.75 Å². The molecule has 0 bridgehead atoms. The number of ether oxygens (including phenoxy) is 1. The largest absolute Gasteiger partial charge is 0.485 e. The van der Waals surface area contributed by atoms with Crippen molar-refractivity contribution in [2.75, 3.05) is 7.05 Å². The molecule has 0 aliphatic rings. The molecular weight excluding hydrogens is 573 g/mol. The van der Waals surface area contributed by atoms with E-state index in [4.69, 9.17) is 38.1 Å². The third kappa shape index (κ3) is 5.72. The average Bonchev–Trinajstić information content (AvgIpc) is 3.60. The molecule has 42 heavy (non-hydrogen) atoms. The Hall–Kier alpha value is -4.30. The van der Waals surface area contributed by atoms with Gasteiger partial charge in [0.15, 0.2) is 17.1 Å². The number of ketones is 1. The highest BCUT2D eigenvalue weighted by atomic mass is 35.5. The maximum Gasteiger partial charge on any atom is 0.251 e. The fourth-order valence-corrected chi connectivity index (χ4v) is 5.26. The summed E-state index contributed by atoms with van der Waals surface area (Å²) in [6.07, 6.45) is 4.88. The summed E-state index contributed by atoms with van der Waals surface area (Å²) in [6, 6.07) is 18.8. The van der Waals surface area contributed by atoms with Gasteiger partial charge in [0, 0.05) is 40.5 Å². The zero-order valence-electron chi connectivity index (χ0n) is 23.3. The average molecular weight is 603 g/mol. The highest BCUT2D eigenvalue weighted by Gasteiger charge is 2.21. The fraction of sp³-hybridized carbons (Fsp3) is 0.152. The van der Waals surface area contributed by atoms with E-state index in [1.54, 1.807) is 72.4 Å². The maximum atomic E-state index is 13.0. The summed E-state index contributed by atoms with van der Waals surface area (Å²) < 4.78 is 13.8. The van der Waals surface area contributed by atoms with Gasteiger partial charge in [-0.1, -0.05) is 53.5 Å². The van der Waals surface area contributed by atoms with Crippen molar-refractivity contribution in [1.82, 2.24) is 9.88 Å². The van der Waals surface area contributed by atoms with Crippen LogP contribution in [0.4, 0.5) is 0 Å². The number of carbonyl (C=O) groups excluding carboxylic acids is 2. The topological polar surface area (TPSA) is 99.5 Å². The molecular formula is C33H29Cl2N3O4. The lowest BCUT2D eigenvalue weighted by Gasteiger charge is -2.18. The second kappa shape index (κ2) is 12.3. The summed E-state index contributed by atoms with van der Waals surface area (Å²) >= 11 is 13.4. The molecule has 1 amide bonds. The monoisotopic (exact) mass is 601 g/mol. The first-order chi connectivity index (χ1) is 20.2. The third-order valence-electron chi connectivity index (χ3n) is 7.21. The number of furan rings is 1. The highest BCUT2D eigenvalue weighted by Crippen LogP contribution is 2.36. The number of benzene rings is 3. The zero-order valence-corrected chi connectivity index (χ0v) is 24.8. The first kappa shape index (κ1) is 29.2. The van der Waals surface area contributed by atoms with Crippen molar-refractivity contribution in [3.63, 3.8) is 0 Å². The Labute approximate surface area is 253 Å². The molecule has 0 saturated carbocycles. The highest BCUT2D eigenvalue weighted by molar-refractivity contribution is 6.37. The molecule has 3 N–H and O–H groups in total. The van der Waals surface area contributed by atoms with Crippen LogP contribution >= 0.6 is 23.2 Å². The Morgan fingerprint density at radius 2 is 1.81 bits per heavy atom. The van der Waals surface area contributed by atoms with Gasteiger partial charge in [0.05, 0.1) is 10.7 Å². The molecule has 5 rings (SSSR count). The number of para-hydroxylation sites is 1. The van der Waals surface area contributed by atoms with Gasteiger partial charge in [-0.3, -0.25) is 9.59 Å². The molecule has 7 nitrogen and oxygen atoms in total. The smallest absolute Gasteiger partial charge is 0.251 e. The zero-order chi connectivity index (χ0) is 30.0. The Morgan fingerprint density at radius 3 is 2.55 bits per heavy atom. The third-order valence-corrected chi connectivity index (χ3v) is 7.98. The number of halogens is 2. The molecule has 2 heterocycles. The van der Waals surface area contributed by atoms with Crippen molar-refractivity contribution in [2.24, 2.45) is 5.73 Å². The van der Waals surface area contributed by atoms with Gasteiger partial charge in [-0.05, 0) is 73.5 Å².